The van der Waals surface area contributed by atoms with Crippen LogP contribution in [-0.2, 0) is 5.41 Å². The van der Waals surface area contributed by atoms with E-state index in [1.165, 1.54) is 33.5 Å². The maximum absolute atomic E-state index is 6.52. The third-order valence-electron chi connectivity index (χ3n) is 6.66. The lowest BCUT2D eigenvalue weighted by Crippen LogP contribution is -2.29. The molecule has 0 aliphatic carbocycles. The van der Waals surface area contributed by atoms with Gasteiger partial charge in [0.25, 0.3) is 6.73 Å². The molecule has 4 aromatic carbocycles. The summed E-state index contributed by atoms with van der Waals surface area (Å²) in [7, 11) is 0. The van der Waals surface area contributed by atoms with Crippen LogP contribution in [0.5, 0.6) is 5.75 Å². The maximum Gasteiger partial charge on any atom is 0.292 e. The molecular weight excluding hydrogens is 390 g/mol. The smallest absolute Gasteiger partial charge is 0.292 e. The largest absolute Gasteiger partial charge is 0.435 e. The van der Waals surface area contributed by atoms with Crippen LogP contribution >= 0.6 is 0 Å². The van der Waals surface area contributed by atoms with Crippen molar-refractivity contribution in [3.8, 4) is 5.75 Å². The molecule has 4 aromatic rings. The first-order valence-electron chi connectivity index (χ1n) is 11.1. The van der Waals surface area contributed by atoms with Crippen molar-refractivity contribution in [1.29, 1.82) is 0 Å². The van der Waals surface area contributed by atoms with Gasteiger partial charge in [-0.15, -0.1) is 0 Å². The second-order valence-electron chi connectivity index (χ2n) is 8.69. The van der Waals surface area contributed by atoms with Crippen LogP contribution in [0.2, 0.25) is 0 Å². The van der Waals surface area contributed by atoms with Gasteiger partial charge in [-0.3, -0.25) is 0 Å². The summed E-state index contributed by atoms with van der Waals surface area (Å²) in [6, 6.07) is 34.4. The van der Waals surface area contributed by atoms with Crippen LogP contribution in [0, 0.1) is 13.8 Å². The number of hydrogen-bond donors (Lipinski definition) is 0. The Labute approximate surface area is 190 Å². The number of nitrogens with zero attached hydrogens (tertiary/aromatic N) is 1. The topological polar surface area (TPSA) is 12.2 Å². The molecule has 0 radical (unpaired) electrons. The van der Waals surface area contributed by atoms with Gasteiger partial charge in [0.1, 0.15) is 5.75 Å². The third-order valence-corrected chi connectivity index (χ3v) is 6.66. The predicted octanol–water partition coefficient (Wildman–Crippen LogP) is 6.77. The van der Waals surface area contributed by atoms with Crippen LogP contribution in [0.15, 0.2) is 97.1 Å². The van der Waals surface area contributed by atoms with Gasteiger partial charge in [0, 0.05) is 22.1 Å². The zero-order chi connectivity index (χ0) is 22.1. The molecule has 0 N–H and O–H groups in total. The number of para-hydroxylation sites is 2. The Balaban J connectivity index is 1.70. The first-order chi connectivity index (χ1) is 15.6. The highest BCUT2D eigenvalue weighted by atomic mass is 16.5. The Hall–Kier alpha value is -3.65. The minimum absolute atomic E-state index is 0.331. The molecule has 1 heterocycles. The van der Waals surface area contributed by atoms with E-state index in [9.17, 15) is 0 Å². The first-order valence-corrected chi connectivity index (χ1v) is 11.1. The van der Waals surface area contributed by atoms with Crippen LogP contribution in [0.4, 0.5) is 5.69 Å². The van der Waals surface area contributed by atoms with Crippen molar-refractivity contribution in [3.05, 3.63) is 130 Å². The molecule has 2 heteroatoms. The molecular formula is C30H28NO+. The number of ether oxygens (including phenoxy) is 1. The van der Waals surface area contributed by atoms with Crippen LogP contribution in [-0.4, -0.2) is 17.5 Å². The van der Waals surface area contributed by atoms with E-state index in [2.05, 4.69) is 129 Å². The van der Waals surface area contributed by atoms with Crippen molar-refractivity contribution in [2.24, 2.45) is 0 Å². The van der Waals surface area contributed by atoms with E-state index in [0.717, 1.165) is 11.3 Å². The minimum atomic E-state index is -0.331. The number of rotatable bonds is 4. The predicted molar refractivity (Wildman–Crippen MR) is 131 cm³/mol. The number of aryl methyl sites for hydroxylation is 2. The van der Waals surface area contributed by atoms with Gasteiger partial charge >= 0.3 is 0 Å². The minimum Gasteiger partial charge on any atom is -0.435 e. The zero-order valence-corrected chi connectivity index (χ0v) is 18.9. The van der Waals surface area contributed by atoms with Gasteiger partial charge < -0.3 is 4.74 Å². The normalized spacial score (nSPS) is 13.2. The molecule has 0 amide bonds. The van der Waals surface area contributed by atoms with E-state index in [1.54, 1.807) is 0 Å². The fourth-order valence-electron chi connectivity index (χ4n) is 4.96. The fraction of sp³-hybridized carbons (Fsp3) is 0.167. The van der Waals surface area contributed by atoms with E-state index in [4.69, 9.17) is 4.74 Å². The molecule has 0 unspecified atom stereocenters. The number of benzene rings is 4. The average molecular weight is 419 g/mol. The fourth-order valence-corrected chi connectivity index (χ4v) is 4.96. The van der Waals surface area contributed by atoms with E-state index in [1.807, 2.05) is 0 Å². The molecule has 0 atom stereocenters. The monoisotopic (exact) mass is 418 g/mol. The first kappa shape index (κ1) is 20.3. The van der Waals surface area contributed by atoms with Gasteiger partial charge in [0.2, 0.25) is 5.69 Å². The Morgan fingerprint density at radius 1 is 0.688 bits per heavy atom. The quantitative estimate of drug-likeness (QED) is 0.263. The molecule has 0 aromatic heterocycles. The molecule has 5 rings (SSSR count). The summed E-state index contributed by atoms with van der Waals surface area (Å²) in [6.45, 7) is 7.11. The summed E-state index contributed by atoms with van der Waals surface area (Å²) in [6.07, 6.45) is 2.23. The molecule has 1 aliphatic rings. The van der Waals surface area contributed by atoms with E-state index < -0.39 is 0 Å². The van der Waals surface area contributed by atoms with Crippen molar-refractivity contribution in [1.82, 2.24) is 0 Å². The summed E-state index contributed by atoms with van der Waals surface area (Å²) in [5.41, 5.74) is 8.19. The Morgan fingerprint density at radius 3 is 1.84 bits per heavy atom. The van der Waals surface area contributed by atoms with Crippen molar-refractivity contribution in [2.45, 2.75) is 26.2 Å². The molecule has 0 saturated heterocycles. The Bertz CT molecular complexity index is 1230. The summed E-state index contributed by atoms with van der Waals surface area (Å²) >= 11 is 0. The highest BCUT2D eigenvalue weighted by Crippen LogP contribution is 2.44. The summed E-state index contributed by atoms with van der Waals surface area (Å²) in [5.74, 6) is 0.963. The van der Waals surface area contributed by atoms with Gasteiger partial charge in [0.05, 0.1) is 5.56 Å². The van der Waals surface area contributed by atoms with Gasteiger partial charge in [-0.2, -0.15) is 4.58 Å². The van der Waals surface area contributed by atoms with Crippen molar-refractivity contribution in [2.75, 3.05) is 6.73 Å². The molecule has 0 saturated carbocycles. The molecule has 2 nitrogen and oxygen atoms in total. The Kier molecular flexibility index (Phi) is 5.14. The van der Waals surface area contributed by atoms with Crippen LogP contribution < -0.4 is 4.74 Å². The summed E-state index contributed by atoms with van der Waals surface area (Å²) in [5, 5.41) is 0. The maximum atomic E-state index is 6.52. The molecule has 0 bridgehead atoms. The SMILES string of the molecule is Cc1cccc(C)c1[N+]1=Cc2cccc(C(C)(c3ccccc3)c3ccccc3)c2OC1. The van der Waals surface area contributed by atoms with Crippen LogP contribution in [0.25, 0.3) is 0 Å². The highest BCUT2D eigenvalue weighted by Gasteiger charge is 2.36. The summed E-state index contributed by atoms with van der Waals surface area (Å²) < 4.78 is 8.74. The van der Waals surface area contributed by atoms with Gasteiger partial charge in [-0.25, -0.2) is 0 Å². The van der Waals surface area contributed by atoms with Crippen LogP contribution in [0.1, 0.15) is 40.3 Å². The van der Waals surface area contributed by atoms with E-state index in [0.29, 0.717) is 6.73 Å². The van der Waals surface area contributed by atoms with Crippen molar-refractivity contribution in [3.63, 3.8) is 0 Å². The number of fused-ring (bicyclic) bond motifs is 1. The van der Waals surface area contributed by atoms with Crippen LogP contribution in [0.3, 0.4) is 0 Å². The Morgan fingerprint density at radius 2 is 1.25 bits per heavy atom. The van der Waals surface area contributed by atoms with E-state index in [-0.39, 0.29) is 5.41 Å². The lowest BCUT2D eigenvalue weighted by molar-refractivity contribution is -0.477. The van der Waals surface area contributed by atoms with E-state index >= 15 is 0 Å². The molecule has 158 valence electrons. The molecule has 0 spiro atoms. The van der Waals surface area contributed by atoms with Crippen molar-refractivity contribution < 1.29 is 9.31 Å². The zero-order valence-electron chi connectivity index (χ0n) is 18.9. The average Bonchev–Trinajstić information content (AvgIpc) is 2.84. The summed E-state index contributed by atoms with van der Waals surface area (Å²) in [4.78, 5) is 0. The highest BCUT2D eigenvalue weighted by molar-refractivity contribution is 5.83. The van der Waals surface area contributed by atoms with Gasteiger partial charge in [-0.1, -0.05) is 91.0 Å². The molecule has 0 fully saturated rings. The lowest BCUT2D eigenvalue weighted by atomic mass is 9.70. The second kappa shape index (κ2) is 8.12. The lowest BCUT2D eigenvalue weighted by Gasteiger charge is -2.34. The second-order valence-corrected chi connectivity index (χ2v) is 8.69. The molecule has 1 aliphatic heterocycles. The standard InChI is InChI=1S/C30H28NO/c1-22-12-10-13-23(2)28(22)31-20-24-14-11-19-27(29(24)32-21-31)30(3,25-15-6-4-7-16-25)26-17-8-5-9-18-26/h4-20H,21H2,1-3H3/q+1. The number of hydrogen-bond acceptors (Lipinski definition) is 1. The van der Waals surface area contributed by atoms with Gasteiger partial charge in [-0.05, 0) is 38.0 Å². The van der Waals surface area contributed by atoms with Gasteiger partial charge in [0.15, 0.2) is 6.21 Å². The third kappa shape index (κ3) is 3.33. The molecule has 32 heavy (non-hydrogen) atoms. The van der Waals surface area contributed by atoms with Crippen molar-refractivity contribution >= 4 is 11.9 Å².